The molecule has 0 N–H and O–H groups in total. The van der Waals surface area contributed by atoms with Crippen LogP contribution in [0.3, 0.4) is 0 Å². The van der Waals surface area contributed by atoms with Gasteiger partial charge in [0, 0.05) is 34.1 Å². The third-order valence-electron chi connectivity index (χ3n) is 18.5. The molecule has 0 spiro atoms. The zero-order valence-electron chi connectivity index (χ0n) is 50.9. The fraction of sp³-hybridized carbons (Fsp3) is 0.106. The predicted molar refractivity (Wildman–Crippen MR) is 371 cm³/mol. The molecular formula is C85H66F2N2. The van der Waals surface area contributed by atoms with Crippen LogP contribution in [0.15, 0.2) is 291 Å². The highest BCUT2D eigenvalue weighted by molar-refractivity contribution is 6.20. The Morgan fingerprint density at radius 1 is 0.292 bits per heavy atom. The molecule has 89 heavy (non-hydrogen) atoms. The normalized spacial score (nSPS) is 12.8. The average molecular weight is 1150 g/mol. The van der Waals surface area contributed by atoms with Crippen LogP contribution in [0.25, 0.3) is 76.5 Å². The Morgan fingerprint density at radius 2 is 0.708 bits per heavy atom. The molecule has 2 nitrogen and oxygen atoms in total. The second-order valence-corrected chi connectivity index (χ2v) is 26.0. The Morgan fingerprint density at radius 3 is 1.20 bits per heavy atom. The van der Waals surface area contributed by atoms with E-state index >= 15 is 8.78 Å². The number of anilines is 6. The Labute approximate surface area is 520 Å². The number of rotatable bonds is 10. The van der Waals surface area contributed by atoms with E-state index in [1.807, 2.05) is 24.3 Å². The van der Waals surface area contributed by atoms with E-state index in [1.54, 1.807) is 24.3 Å². The second-order valence-electron chi connectivity index (χ2n) is 26.0. The van der Waals surface area contributed by atoms with Gasteiger partial charge in [-0.3, -0.25) is 0 Å². The van der Waals surface area contributed by atoms with Crippen molar-refractivity contribution >= 4 is 77.2 Å². The Balaban J connectivity index is 0.988. The summed E-state index contributed by atoms with van der Waals surface area (Å²) in [6.07, 6.45) is 0. The summed E-state index contributed by atoms with van der Waals surface area (Å²) in [7, 11) is 0. The first-order chi connectivity index (χ1) is 43.2. The number of hydrogen-bond acceptors (Lipinski definition) is 2. The molecular weight excluding hydrogens is 1090 g/mol. The Hall–Kier alpha value is -10.4. The molecule has 0 unspecified atom stereocenters. The van der Waals surface area contributed by atoms with Crippen LogP contribution in [-0.4, -0.2) is 0 Å². The molecule has 0 atom stereocenters. The lowest BCUT2D eigenvalue weighted by molar-refractivity contribution is 0.590. The predicted octanol–water partition coefficient (Wildman–Crippen LogP) is 23.8. The largest absolute Gasteiger partial charge is 0.310 e. The number of nitrogens with zero attached hydrogens (tertiary/aromatic N) is 2. The van der Waals surface area contributed by atoms with Gasteiger partial charge in [-0.15, -0.1) is 0 Å². The number of halogens is 2. The van der Waals surface area contributed by atoms with Gasteiger partial charge in [0.15, 0.2) is 0 Å². The summed E-state index contributed by atoms with van der Waals surface area (Å²) in [4.78, 5) is 4.45. The minimum Gasteiger partial charge on any atom is -0.310 e. The lowest BCUT2D eigenvalue weighted by Crippen LogP contribution is -2.29. The molecule has 0 heterocycles. The van der Waals surface area contributed by atoms with Crippen molar-refractivity contribution in [1.82, 2.24) is 0 Å². The standard InChI is InChI=1S/C85H66F2N2/c1-83(2,3)59-35-39-65(40-36-59)88(69-49-57(47-63(86)51-69)73-33-19-23-55-21-13-15-29-71(55)73)67-43-45-77-79(53-67)75-31-17-18-32-76(75)81-78-46-44-68(54-80(78)85(82(77)81,61-25-9-7-10-26-61)62-27-11-8-12-28-62)89(66-41-37-60(38-42-66)84(4,5)6)70-50-58(48-64(87)52-70)74-34-20-24-56-22-14-16-30-72(56)74/h7-54H,1-6H3. The third-order valence-corrected chi connectivity index (χ3v) is 18.5. The van der Waals surface area contributed by atoms with Crippen molar-refractivity contribution < 1.29 is 8.78 Å². The van der Waals surface area contributed by atoms with Crippen molar-refractivity contribution in [1.29, 1.82) is 0 Å². The first-order valence-corrected chi connectivity index (χ1v) is 30.8. The summed E-state index contributed by atoms with van der Waals surface area (Å²) in [5, 5.41) is 8.73. The monoisotopic (exact) mass is 1150 g/mol. The van der Waals surface area contributed by atoms with Gasteiger partial charge in [0.2, 0.25) is 0 Å². The SMILES string of the molecule is CC(C)(C)c1ccc(N(c2cc(F)cc(-c3cccc4ccccc34)c2)c2ccc3c(c2)C(c2ccccc2)(c2ccccc2)c2c-3c3ccccc3c3cc(N(c4ccc(C(C)(C)C)cc4)c4cc(F)cc(-c5cccc6ccccc56)c4)ccc23)cc1. The first kappa shape index (κ1) is 55.2. The van der Waals surface area contributed by atoms with Crippen molar-refractivity contribution in [2.45, 2.75) is 57.8 Å². The van der Waals surface area contributed by atoms with Gasteiger partial charge in [0.05, 0.1) is 5.41 Å². The molecule has 4 heteroatoms. The van der Waals surface area contributed by atoms with E-state index in [9.17, 15) is 0 Å². The molecule has 0 radical (unpaired) electrons. The molecule has 0 bridgehead atoms. The lowest BCUT2D eigenvalue weighted by atomic mass is 9.66. The van der Waals surface area contributed by atoms with Crippen molar-refractivity contribution in [2.24, 2.45) is 0 Å². The maximum atomic E-state index is 16.8. The van der Waals surface area contributed by atoms with E-state index in [-0.39, 0.29) is 22.5 Å². The van der Waals surface area contributed by atoms with Crippen LogP contribution in [0.1, 0.15) is 74.9 Å². The third kappa shape index (κ3) is 9.45. The fourth-order valence-corrected chi connectivity index (χ4v) is 14.3. The van der Waals surface area contributed by atoms with E-state index in [0.29, 0.717) is 11.4 Å². The summed E-state index contributed by atoms with van der Waals surface area (Å²) >= 11 is 0. The topological polar surface area (TPSA) is 6.48 Å². The van der Waals surface area contributed by atoms with Gasteiger partial charge >= 0.3 is 0 Å². The quantitative estimate of drug-likeness (QED) is 0.126. The molecule has 1 aliphatic carbocycles. The highest BCUT2D eigenvalue weighted by atomic mass is 19.1. The zero-order valence-corrected chi connectivity index (χ0v) is 50.9. The molecule has 0 aliphatic heterocycles. The maximum Gasteiger partial charge on any atom is 0.125 e. The summed E-state index contributed by atoms with van der Waals surface area (Å²) in [5.41, 5.74) is 16.8. The van der Waals surface area contributed by atoms with Crippen molar-refractivity contribution in [3.05, 3.63) is 336 Å². The fourth-order valence-electron chi connectivity index (χ4n) is 14.3. The second kappa shape index (κ2) is 21.5. The molecule has 14 aromatic rings. The van der Waals surface area contributed by atoms with Crippen LogP contribution < -0.4 is 9.80 Å². The van der Waals surface area contributed by atoms with Crippen molar-refractivity contribution in [3.63, 3.8) is 0 Å². The van der Waals surface area contributed by atoms with Gasteiger partial charge in [-0.2, -0.15) is 0 Å². The molecule has 0 saturated heterocycles. The number of hydrogen-bond donors (Lipinski definition) is 0. The van der Waals surface area contributed by atoms with Gasteiger partial charge in [0.1, 0.15) is 11.6 Å². The van der Waals surface area contributed by atoms with Crippen LogP contribution in [0.2, 0.25) is 0 Å². The molecule has 15 rings (SSSR count). The minimum absolute atomic E-state index is 0.0780. The highest BCUT2D eigenvalue weighted by Crippen LogP contribution is 2.62. The van der Waals surface area contributed by atoms with E-state index in [2.05, 4.69) is 294 Å². The molecule has 0 amide bonds. The lowest BCUT2D eigenvalue weighted by Gasteiger charge is -2.36. The molecule has 430 valence electrons. The zero-order chi connectivity index (χ0) is 60.8. The summed E-state index contributed by atoms with van der Waals surface area (Å²) in [6.45, 7) is 13.4. The minimum atomic E-state index is -0.872. The highest BCUT2D eigenvalue weighted by Gasteiger charge is 2.48. The van der Waals surface area contributed by atoms with E-state index in [1.165, 1.54) is 22.3 Å². The van der Waals surface area contributed by atoms with Crippen LogP contribution in [-0.2, 0) is 16.2 Å². The summed E-state index contributed by atoms with van der Waals surface area (Å²) in [5.74, 6) is -0.639. The summed E-state index contributed by atoms with van der Waals surface area (Å²) in [6, 6.07) is 102. The Kier molecular flexibility index (Phi) is 13.3. The molecule has 14 aromatic carbocycles. The maximum absolute atomic E-state index is 16.8. The molecule has 0 fully saturated rings. The van der Waals surface area contributed by atoms with E-state index in [0.717, 1.165) is 110 Å². The van der Waals surface area contributed by atoms with Crippen LogP contribution >= 0.6 is 0 Å². The van der Waals surface area contributed by atoms with Gasteiger partial charge in [-0.05, 0) is 206 Å². The van der Waals surface area contributed by atoms with Crippen molar-refractivity contribution in [2.75, 3.05) is 9.80 Å². The average Bonchev–Trinajstić information content (AvgIpc) is 1.55. The van der Waals surface area contributed by atoms with Gasteiger partial charge in [0.25, 0.3) is 0 Å². The summed E-state index contributed by atoms with van der Waals surface area (Å²) < 4.78 is 33.5. The molecule has 0 aromatic heterocycles. The smallest absolute Gasteiger partial charge is 0.125 e. The van der Waals surface area contributed by atoms with E-state index in [4.69, 9.17) is 0 Å². The number of fused-ring (bicyclic) bond motifs is 10. The molecule has 1 aliphatic rings. The van der Waals surface area contributed by atoms with Gasteiger partial charge in [-0.1, -0.05) is 248 Å². The number of benzene rings is 14. The van der Waals surface area contributed by atoms with Gasteiger partial charge in [-0.25, -0.2) is 8.78 Å². The van der Waals surface area contributed by atoms with Crippen LogP contribution in [0.5, 0.6) is 0 Å². The van der Waals surface area contributed by atoms with E-state index < -0.39 is 5.41 Å². The molecule has 0 saturated carbocycles. The van der Waals surface area contributed by atoms with Crippen LogP contribution in [0, 0.1) is 11.6 Å². The van der Waals surface area contributed by atoms with Crippen LogP contribution in [0.4, 0.5) is 42.9 Å². The van der Waals surface area contributed by atoms with Crippen molar-refractivity contribution in [3.8, 4) is 33.4 Å². The Bertz CT molecular complexity index is 5000. The first-order valence-electron chi connectivity index (χ1n) is 30.8. The van der Waals surface area contributed by atoms with Gasteiger partial charge < -0.3 is 9.80 Å².